The van der Waals surface area contributed by atoms with Crippen molar-refractivity contribution in [3.05, 3.63) is 113 Å². The van der Waals surface area contributed by atoms with Gasteiger partial charge in [0.2, 0.25) is 11.8 Å². The van der Waals surface area contributed by atoms with E-state index in [1.807, 2.05) is 31.2 Å². The summed E-state index contributed by atoms with van der Waals surface area (Å²) >= 11 is 0. The number of rotatable bonds is 6. The molecule has 2 heterocycles. The number of aryl methyl sites for hydroxylation is 1. The summed E-state index contributed by atoms with van der Waals surface area (Å²) in [5, 5.41) is 18.6. The van der Waals surface area contributed by atoms with Gasteiger partial charge in [0, 0.05) is 16.8 Å². The average Bonchev–Trinajstić information content (AvgIpc) is 3.51. The number of esters is 2. The van der Waals surface area contributed by atoms with Crippen LogP contribution in [0.2, 0.25) is 0 Å². The average molecular weight is 548 g/mol. The standard InChI is InChI=1S/C31H25N5O5/c1-18-12-14-20(15-13-18)28-34-35-29(41-28)21-10-7-11-22(16-21)36-26(31(38)40-3)25(30(37)39-2)24(23(17-32)27(36)33)19-8-5-4-6-9-19/h4-16,24H,33H2,1-3H3. The Hall–Kier alpha value is -5.69. The predicted octanol–water partition coefficient (Wildman–Crippen LogP) is 4.61. The van der Waals surface area contributed by atoms with E-state index >= 15 is 0 Å². The van der Waals surface area contributed by atoms with Gasteiger partial charge in [0.25, 0.3) is 0 Å². The minimum atomic E-state index is -0.963. The molecule has 0 aliphatic carbocycles. The van der Waals surface area contributed by atoms with E-state index in [0.29, 0.717) is 22.7 Å². The van der Waals surface area contributed by atoms with Crippen LogP contribution >= 0.6 is 0 Å². The molecule has 0 radical (unpaired) electrons. The molecule has 0 amide bonds. The van der Waals surface area contributed by atoms with E-state index in [-0.39, 0.29) is 28.6 Å². The molecule has 0 bridgehead atoms. The van der Waals surface area contributed by atoms with Gasteiger partial charge in [0.1, 0.15) is 11.5 Å². The van der Waals surface area contributed by atoms with E-state index in [2.05, 4.69) is 16.3 Å². The van der Waals surface area contributed by atoms with Crippen LogP contribution < -0.4 is 10.6 Å². The Morgan fingerprint density at radius 1 is 0.902 bits per heavy atom. The van der Waals surface area contributed by atoms with Gasteiger partial charge in [0.15, 0.2) is 0 Å². The van der Waals surface area contributed by atoms with Gasteiger partial charge in [-0.1, -0.05) is 54.1 Å². The molecule has 2 N–H and O–H groups in total. The number of nitriles is 1. The van der Waals surface area contributed by atoms with Gasteiger partial charge in [-0.3, -0.25) is 4.90 Å². The van der Waals surface area contributed by atoms with Crippen molar-refractivity contribution >= 4 is 17.6 Å². The molecule has 1 aliphatic rings. The second-order valence-corrected chi connectivity index (χ2v) is 9.16. The first-order valence-corrected chi connectivity index (χ1v) is 12.5. The molecule has 1 unspecified atom stereocenters. The van der Waals surface area contributed by atoms with Gasteiger partial charge in [-0.05, 0) is 42.8 Å². The van der Waals surface area contributed by atoms with Crippen molar-refractivity contribution in [1.82, 2.24) is 10.2 Å². The van der Waals surface area contributed by atoms with Gasteiger partial charge in [-0.2, -0.15) is 5.26 Å². The summed E-state index contributed by atoms with van der Waals surface area (Å²) < 4.78 is 16.1. The number of aromatic nitrogens is 2. The van der Waals surface area contributed by atoms with Crippen molar-refractivity contribution in [1.29, 1.82) is 5.26 Å². The third-order valence-corrected chi connectivity index (χ3v) is 6.69. The molecule has 4 aromatic rings. The summed E-state index contributed by atoms with van der Waals surface area (Å²) in [4.78, 5) is 27.9. The van der Waals surface area contributed by atoms with Crippen LogP contribution in [0.3, 0.4) is 0 Å². The molecule has 1 aliphatic heterocycles. The lowest BCUT2D eigenvalue weighted by Crippen LogP contribution is -2.40. The summed E-state index contributed by atoms with van der Waals surface area (Å²) in [5.41, 5.74) is 9.73. The third kappa shape index (κ3) is 4.92. The van der Waals surface area contributed by atoms with E-state index in [4.69, 9.17) is 19.6 Å². The maximum Gasteiger partial charge on any atom is 0.355 e. The molecule has 5 rings (SSSR count). The van der Waals surface area contributed by atoms with Crippen molar-refractivity contribution in [2.45, 2.75) is 12.8 Å². The fourth-order valence-electron chi connectivity index (χ4n) is 4.71. The molecular weight excluding hydrogens is 522 g/mol. The Morgan fingerprint density at radius 2 is 1.56 bits per heavy atom. The maximum absolute atomic E-state index is 13.3. The number of allylic oxidation sites excluding steroid dienone is 1. The van der Waals surface area contributed by atoms with E-state index in [1.165, 1.54) is 19.1 Å². The van der Waals surface area contributed by atoms with E-state index in [0.717, 1.165) is 11.1 Å². The Bertz CT molecular complexity index is 1730. The fraction of sp³-hybridized carbons (Fsp3) is 0.129. The zero-order valence-corrected chi connectivity index (χ0v) is 22.5. The van der Waals surface area contributed by atoms with Crippen molar-refractivity contribution in [3.63, 3.8) is 0 Å². The number of nitrogens with zero attached hydrogens (tertiary/aromatic N) is 4. The smallest absolute Gasteiger partial charge is 0.355 e. The Balaban J connectivity index is 1.67. The third-order valence-electron chi connectivity index (χ3n) is 6.69. The van der Waals surface area contributed by atoms with Gasteiger partial charge < -0.3 is 19.6 Å². The molecule has 10 nitrogen and oxygen atoms in total. The van der Waals surface area contributed by atoms with Crippen LogP contribution in [0.4, 0.5) is 5.69 Å². The van der Waals surface area contributed by atoms with Crippen molar-refractivity contribution in [3.8, 4) is 29.0 Å². The van der Waals surface area contributed by atoms with Crippen LogP contribution in [0, 0.1) is 18.3 Å². The quantitative estimate of drug-likeness (QED) is 0.340. The molecule has 10 heteroatoms. The highest BCUT2D eigenvalue weighted by Gasteiger charge is 2.43. The SMILES string of the molecule is COC(=O)C1=C(C(=O)OC)N(c2cccc(-c3nnc(-c4ccc(C)cc4)o3)c2)C(N)=C(C#N)C1c1ccccc1. The van der Waals surface area contributed by atoms with Crippen molar-refractivity contribution in [2.75, 3.05) is 19.1 Å². The molecule has 0 saturated heterocycles. The van der Waals surface area contributed by atoms with Crippen LogP contribution in [0.15, 0.2) is 106 Å². The number of ether oxygens (including phenoxy) is 2. The molecule has 0 fully saturated rings. The molecule has 1 aromatic heterocycles. The lowest BCUT2D eigenvalue weighted by Gasteiger charge is -2.36. The zero-order chi connectivity index (χ0) is 29.1. The molecule has 1 atom stereocenters. The lowest BCUT2D eigenvalue weighted by atomic mass is 9.81. The topological polar surface area (TPSA) is 145 Å². The molecule has 3 aromatic carbocycles. The van der Waals surface area contributed by atoms with Crippen LogP contribution in [-0.2, 0) is 19.1 Å². The summed E-state index contributed by atoms with van der Waals surface area (Å²) in [7, 11) is 2.40. The number of carbonyl (C=O) groups excluding carboxylic acids is 2. The number of hydrogen-bond donors (Lipinski definition) is 1. The minimum absolute atomic E-state index is 0.0440. The lowest BCUT2D eigenvalue weighted by molar-refractivity contribution is -0.139. The predicted molar refractivity (Wildman–Crippen MR) is 149 cm³/mol. The minimum Gasteiger partial charge on any atom is -0.466 e. The van der Waals surface area contributed by atoms with Gasteiger partial charge in [-0.15, -0.1) is 10.2 Å². The normalized spacial score (nSPS) is 15.0. The summed E-state index contributed by atoms with van der Waals surface area (Å²) in [6.07, 6.45) is 0. The monoisotopic (exact) mass is 547 g/mol. The number of methoxy groups -OCH3 is 2. The van der Waals surface area contributed by atoms with E-state index in [9.17, 15) is 14.9 Å². The van der Waals surface area contributed by atoms with Crippen LogP contribution in [0.1, 0.15) is 17.0 Å². The number of hydrogen-bond acceptors (Lipinski definition) is 10. The maximum atomic E-state index is 13.3. The molecule has 0 saturated carbocycles. The number of carbonyl (C=O) groups is 2. The number of nitrogens with two attached hydrogens (primary N) is 1. The molecule has 204 valence electrons. The second-order valence-electron chi connectivity index (χ2n) is 9.16. The van der Waals surface area contributed by atoms with Gasteiger partial charge in [0.05, 0.1) is 37.4 Å². The van der Waals surface area contributed by atoms with Gasteiger partial charge >= 0.3 is 11.9 Å². The Kier molecular flexibility index (Phi) is 7.35. The highest BCUT2D eigenvalue weighted by Crippen LogP contribution is 2.43. The number of benzene rings is 3. The van der Waals surface area contributed by atoms with Crippen LogP contribution in [-0.4, -0.2) is 36.4 Å². The van der Waals surface area contributed by atoms with Gasteiger partial charge in [-0.25, -0.2) is 9.59 Å². The molecular formula is C31H25N5O5. The first-order valence-electron chi connectivity index (χ1n) is 12.5. The first kappa shape index (κ1) is 26.9. The van der Waals surface area contributed by atoms with E-state index < -0.39 is 17.9 Å². The van der Waals surface area contributed by atoms with Crippen LogP contribution in [0.25, 0.3) is 22.9 Å². The first-order chi connectivity index (χ1) is 19.9. The van der Waals surface area contributed by atoms with E-state index in [1.54, 1.807) is 54.6 Å². The van der Waals surface area contributed by atoms with Crippen molar-refractivity contribution < 1.29 is 23.5 Å². The van der Waals surface area contributed by atoms with Crippen molar-refractivity contribution in [2.24, 2.45) is 5.73 Å². The summed E-state index contributed by atoms with van der Waals surface area (Å²) in [6, 6.07) is 25.4. The Morgan fingerprint density at radius 3 is 2.20 bits per heavy atom. The molecule has 0 spiro atoms. The fourth-order valence-corrected chi connectivity index (χ4v) is 4.71. The second kappa shape index (κ2) is 11.2. The summed E-state index contributed by atoms with van der Waals surface area (Å²) in [5.74, 6) is -2.09. The zero-order valence-electron chi connectivity index (χ0n) is 22.5. The number of anilines is 1. The highest BCUT2D eigenvalue weighted by molar-refractivity contribution is 6.06. The highest BCUT2D eigenvalue weighted by atomic mass is 16.5. The molecule has 41 heavy (non-hydrogen) atoms. The summed E-state index contributed by atoms with van der Waals surface area (Å²) in [6.45, 7) is 1.98. The largest absolute Gasteiger partial charge is 0.466 e. The Labute approximate surface area is 235 Å². The van der Waals surface area contributed by atoms with Crippen LogP contribution in [0.5, 0.6) is 0 Å².